The van der Waals surface area contributed by atoms with Gasteiger partial charge in [0.1, 0.15) is 13.2 Å². The van der Waals surface area contributed by atoms with Crippen molar-refractivity contribution in [3.8, 4) is 0 Å². The number of hydrogen-bond donors (Lipinski definition) is 0. The number of allylic oxidation sites excluding steroid dienone is 8. The summed E-state index contributed by atoms with van der Waals surface area (Å²) < 4.78 is 16.8. The Hall–Kier alpha value is -2.63. The molecule has 0 fully saturated rings. The van der Waals surface area contributed by atoms with E-state index in [2.05, 4.69) is 69.4 Å². The predicted molar refractivity (Wildman–Crippen MR) is 279 cm³/mol. The fourth-order valence-corrected chi connectivity index (χ4v) is 8.14. The van der Waals surface area contributed by atoms with Crippen LogP contribution in [0.25, 0.3) is 0 Å². The van der Waals surface area contributed by atoms with Crippen LogP contribution in [-0.4, -0.2) is 37.2 Å². The summed E-state index contributed by atoms with van der Waals surface area (Å²) in [6.45, 7) is 6.54. The first kappa shape index (κ1) is 62.4. The second-order valence-corrected chi connectivity index (χ2v) is 18.8. The number of carbonyl (C=O) groups excluding carboxylic acids is 3. The Morgan fingerprint density at radius 1 is 0.323 bits per heavy atom. The van der Waals surface area contributed by atoms with Crippen LogP contribution >= 0.6 is 0 Å². The van der Waals surface area contributed by atoms with Crippen LogP contribution in [-0.2, 0) is 28.6 Å². The van der Waals surface area contributed by atoms with Crippen molar-refractivity contribution >= 4 is 17.9 Å². The molecule has 0 aliphatic carbocycles. The van der Waals surface area contributed by atoms with E-state index in [1.807, 2.05) is 0 Å². The van der Waals surface area contributed by atoms with Crippen LogP contribution in [0.2, 0.25) is 0 Å². The summed E-state index contributed by atoms with van der Waals surface area (Å²) in [5, 5.41) is 0. The highest BCUT2D eigenvalue weighted by Gasteiger charge is 2.19. The third kappa shape index (κ3) is 52.2. The lowest BCUT2D eigenvalue weighted by atomic mass is 10.0. The van der Waals surface area contributed by atoms with Crippen molar-refractivity contribution in [2.75, 3.05) is 13.2 Å². The van der Waals surface area contributed by atoms with Crippen molar-refractivity contribution in [1.29, 1.82) is 0 Å². The molecule has 6 nitrogen and oxygen atoms in total. The van der Waals surface area contributed by atoms with Gasteiger partial charge >= 0.3 is 17.9 Å². The van der Waals surface area contributed by atoms with Gasteiger partial charge in [-0.25, -0.2) is 0 Å². The molecule has 1 atom stereocenters. The molecule has 0 heterocycles. The largest absolute Gasteiger partial charge is 0.462 e. The third-order valence-corrected chi connectivity index (χ3v) is 12.3. The zero-order chi connectivity index (χ0) is 47.2. The van der Waals surface area contributed by atoms with Gasteiger partial charge in [0, 0.05) is 19.3 Å². The highest BCUT2D eigenvalue weighted by Crippen LogP contribution is 2.16. The summed E-state index contributed by atoms with van der Waals surface area (Å²) in [6.07, 6.45) is 65.3. The summed E-state index contributed by atoms with van der Waals surface area (Å²) in [7, 11) is 0. The highest BCUT2D eigenvalue weighted by molar-refractivity contribution is 5.71. The van der Waals surface area contributed by atoms with Gasteiger partial charge in [-0.05, 0) is 57.8 Å². The monoisotopic (exact) mass is 911 g/mol. The molecule has 378 valence electrons. The smallest absolute Gasteiger partial charge is 0.306 e. The minimum absolute atomic E-state index is 0.0736. The molecule has 0 aliphatic heterocycles. The first-order valence-corrected chi connectivity index (χ1v) is 28.1. The van der Waals surface area contributed by atoms with Gasteiger partial charge in [-0.2, -0.15) is 0 Å². The van der Waals surface area contributed by atoms with Crippen molar-refractivity contribution in [3.05, 3.63) is 48.6 Å². The molecule has 0 aromatic carbocycles. The van der Waals surface area contributed by atoms with Crippen LogP contribution < -0.4 is 0 Å². The number of hydrogen-bond acceptors (Lipinski definition) is 6. The van der Waals surface area contributed by atoms with E-state index in [4.69, 9.17) is 14.2 Å². The van der Waals surface area contributed by atoms with Crippen molar-refractivity contribution in [1.82, 2.24) is 0 Å². The van der Waals surface area contributed by atoms with Crippen molar-refractivity contribution < 1.29 is 28.6 Å². The van der Waals surface area contributed by atoms with Gasteiger partial charge in [-0.15, -0.1) is 0 Å². The van der Waals surface area contributed by atoms with Crippen LogP contribution in [0.1, 0.15) is 290 Å². The van der Waals surface area contributed by atoms with Gasteiger partial charge in [0.25, 0.3) is 0 Å². The van der Waals surface area contributed by atoms with Crippen molar-refractivity contribution in [2.24, 2.45) is 0 Å². The molecule has 65 heavy (non-hydrogen) atoms. The van der Waals surface area contributed by atoms with Gasteiger partial charge < -0.3 is 14.2 Å². The molecule has 0 spiro atoms. The Bertz CT molecular complexity index is 1140. The molecule has 0 aromatic heterocycles. The normalized spacial score (nSPS) is 12.4. The molecular formula is C59H106O6. The fourth-order valence-electron chi connectivity index (χ4n) is 8.14. The molecule has 0 saturated heterocycles. The molecule has 0 saturated carbocycles. The van der Waals surface area contributed by atoms with Crippen molar-refractivity contribution in [2.45, 2.75) is 297 Å². The first-order chi connectivity index (χ1) is 32.0. The van der Waals surface area contributed by atoms with E-state index in [0.29, 0.717) is 19.3 Å². The van der Waals surface area contributed by atoms with Crippen LogP contribution in [0.15, 0.2) is 48.6 Å². The molecule has 0 bridgehead atoms. The molecular weight excluding hydrogens is 805 g/mol. The zero-order valence-electron chi connectivity index (χ0n) is 43.3. The lowest BCUT2D eigenvalue weighted by molar-refractivity contribution is -0.167. The van der Waals surface area contributed by atoms with E-state index in [9.17, 15) is 14.4 Å². The Morgan fingerprint density at radius 2 is 0.600 bits per heavy atom. The molecule has 0 aliphatic rings. The Balaban J connectivity index is 4.33. The summed E-state index contributed by atoms with van der Waals surface area (Å²) >= 11 is 0. The number of esters is 3. The molecule has 0 radical (unpaired) electrons. The molecule has 6 heteroatoms. The molecule has 0 rings (SSSR count). The van der Waals surface area contributed by atoms with Gasteiger partial charge in [0.05, 0.1) is 0 Å². The van der Waals surface area contributed by atoms with Crippen LogP contribution in [0, 0.1) is 0 Å². The number of rotatable bonds is 51. The van der Waals surface area contributed by atoms with E-state index in [0.717, 1.165) is 89.9 Å². The highest BCUT2D eigenvalue weighted by atomic mass is 16.6. The first-order valence-electron chi connectivity index (χ1n) is 28.1. The summed E-state index contributed by atoms with van der Waals surface area (Å²) in [6, 6.07) is 0. The van der Waals surface area contributed by atoms with E-state index in [-0.39, 0.29) is 31.1 Å². The van der Waals surface area contributed by atoms with E-state index in [1.54, 1.807) is 0 Å². The van der Waals surface area contributed by atoms with E-state index in [1.165, 1.54) is 161 Å². The third-order valence-electron chi connectivity index (χ3n) is 12.3. The number of ether oxygens (including phenoxy) is 3. The minimum atomic E-state index is -0.774. The topological polar surface area (TPSA) is 78.9 Å². The van der Waals surface area contributed by atoms with Gasteiger partial charge in [-0.3, -0.25) is 14.4 Å². The van der Waals surface area contributed by atoms with Gasteiger partial charge in [-0.1, -0.05) is 262 Å². The second kappa shape index (κ2) is 54.0. The maximum atomic E-state index is 12.8. The molecule has 1 unspecified atom stereocenters. The summed E-state index contributed by atoms with van der Waals surface area (Å²) in [5.74, 6) is -0.874. The molecule has 0 amide bonds. The quantitative estimate of drug-likeness (QED) is 0.0262. The maximum absolute atomic E-state index is 12.8. The van der Waals surface area contributed by atoms with Gasteiger partial charge in [0.15, 0.2) is 6.10 Å². The number of carbonyl (C=O) groups is 3. The SMILES string of the molecule is CC/C=C\C/C=C\C/C=C\C/C=C\CCCCCCCCC(=O)OCC(COC(=O)CCCCCCCCCCCCC)OC(=O)CCCCCCCCCCCCCCCCCCC. The summed E-state index contributed by atoms with van der Waals surface area (Å²) in [4.78, 5) is 38.1. The lowest BCUT2D eigenvalue weighted by Crippen LogP contribution is -2.30. The van der Waals surface area contributed by atoms with E-state index < -0.39 is 6.10 Å². The van der Waals surface area contributed by atoms with Gasteiger partial charge in [0.2, 0.25) is 0 Å². The van der Waals surface area contributed by atoms with E-state index >= 15 is 0 Å². The average molecular weight is 911 g/mol. The molecule has 0 N–H and O–H groups in total. The zero-order valence-corrected chi connectivity index (χ0v) is 43.3. The Morgan fingerprint density at radius 3 is 0.938 bits per heavy atom. The Labute approximate surface area is 403 Å². The van der Waals surface area contributed by atoms with Crippen molar-refractivity contribution in [3.63, 3.8) is 0 Å². The van der Waals surface area contributed by atoms with Crippen LogP contribution in [0.4, 0.5) is 0 Å². The predicted octanol–water partition coefficient (Wildman–Crippen LogP) is 18.7. The minimum Gasteiger partial charge on any atom is -0.462 e. The van der Waals surface area contributed by atoms with Crippen LogP contribution in [0.5, 0.6) is 0 Å². The Kier molecular flexibility index (Phi) is 51.8. The lowest BCUT2D eigenvalue weighted by Gasteiger charge is -2.18. The second-order valence-electron chi connectivity index (χ2n) is 18.8. The van der Waals surface area contributed by atoms with Crippen LogP contribution in [0.3, 0.4) is 0 Å². The number of unbranched alkanes of at least 4 members (excludes halogenated alkanes) is 32. The fraction of sp³-hybridized carbons (Fsp3) is 0.814. The molecule has 0 aromatic rings. The summed E-state index contributed by atoms with van der Waals surface area (Å²) in [5.41, 5.74) is 0. The maximum Gasteiger partial charge on any atom is 0.306 e. The average Bonchev–Trinajstić information content (AvgIpc) is 3.30. The standard InChI is InChI=1S/C59H106O6/c1-4-7-10-13-16-19-22-24-26-28-29-31-32-34-37-40-43-46-49-52-58(61)64-55-56(54-63-57(60)51-48-45-42-39-36-21-18-15-12-9-6-3)65-59(62)53-50-47-44-41-38-35-33-30-27-25-23-20-17-14-11-8-5-2/h7,10,16,19,24,26,29,31,56H,4-6,8-9,11-15,17-18,20-23,25,27-28,30,32-55H2,1-3H3/b10-7-,19-16-,26-24-,31-29-.